The monoisotopic (exact) mass is 259 g/mol. The van der Waals surface area contributed by atoms with E-state index in [1.807, 2.05) is 37.3 Å². The molecular formula is C16H21NO2. The van der Waals surface area contributed by atoms with Gasteiger partial charge < -0.3 is 14.5 Å². The standard InChI is InChI=1S/C16H21NO2/c1-3-11-17-16(15-10-7-12-19-15)13-8-5-6-9-14(13)18-4-2/h5-10,12,16-17H,3-4,11H2,1-2H3. The van der Waals surface area contributed by atoms with Gasteiger partial charge in [-0.25, -0.2) is 0 Å². The summed E-state index contributed by atoms with van der Waals surface area (Å²) in [6, 6.07) is 12.1. The van der Waals surface area contributed by atoms with Crippen molar-refractivity contribution in [2.45, 2.75) is 26.3 Å². The fourth-order valence-corrected chi connectivity index (χ4v) is 2.11. The van der Waals surface area contributed by atoms with Crippen molar-refractivity contribution in [1.82, 2.24) is 5.32 Å². The Morgan fingerprint density at radius 1 is 1.16 bits per heavy atom. The van der Waals surface area contributed by atoms with Crippen LogP contribution in [0.2, 0.25) is 0 Å². The lowest BCUT2D eigenvalue weighted by Crippen LogP contribution is -2.23. The molecule has 0 aliphatic carbocycles. The molecule has 1 aromatic heterocycles. The lowest BCUT2D eigenvalue weighted by Gasteiger charge is -2.19. The van der Waals surface area contributed by atoms with Crippen LogP contribution in [-0.4, -0.2) is 13.2 Å². The third-order valence-electron chi connectivity index (χ3n) is 2.96. The van der Waals surface area contributed by atoms with Crippen molar-refractivity contribution < 1.29 is 9.15 Å². The van der Waals surface area contributed by atoms with Crippen molar-refractivity contribution in [2.24, 2.45) is 0 Å². The number of para-hydroxylation sites is 1. The summed E-state index contributed by atoms with van der Waals surface area (Å²) in [5.41, 5.74) is 1.12. The topological polar surface area (TPSA) is 34.4 Å². The average molecular weight is 259 g/mol. The van der Waals surface area contributed by atoms with Crippen molar-refractivity contribution in [2.75, 3.05) is 13.2 Å². The van der Waals surface area contributed by atoms with Gasteiger partial charge in [-0.05, 0) is 38.1 Å². The van der Waals surface area contributed by atoms with Crippen molar-refractivity contribution >= 4 is 0 Å². The molecule has 0 amide bonds. The van der Waals surface area contributed by atoms with Crippen molar-refractivity contribution in [3.8, 4) is 5.75 Å². The van der Waals surface area contributed by atoms with E-state index >= 15 is 0 Å². The Morgan fingerprint density at radius 2 is 2.00 bits per heavy atom. The summed E-state index contributed by atoms with van der Waals surface area (Å²) in [7, 11) is 0. The summed E-state index contributed by atoms with van der Waals surface area (Å²) >= 11 is 0. The first-order chi connectivity index (χ1) is 9.36. The second kappa shape index (κ2) is 7.00. The largest absolute Gasteiger partial charge is 0.494 e. The summed E-state index contributed by atoms with van der Waals surface area (Å²) in [4.78, 5) is 0. The Balaban J connectivity index is 2.32. The predicted molar refractivity (Wildman–Crippen MR) is 76.5 cm³/mol. The van der Waals surface area contributed by atoms with Crippen LogP contribution < -0.4 is 10.1 Å². The van der Waals surface area contributed by atoms with E-state index in [-0.39, 0.29) is 6.04 Å². The molecule has 0 saturated heterocycles. The number of rotatable bonds is 7. The zero-order chi connectivity index (χ0) is 13.5. The zero-order valence-electron chi connectivity index (χ0n) is 11.6. The van der Waals surface area contributed by atoms with Gasteiger partial charge in [-0.3, -0.25) is 0 Å². The van der Waals surface area contributed by atoms with Gasteiger partial charge in [0.2, 0.25) is 0 Å². The van der Waals surface area contributed by atoms with Gasteiger partial charge in [0.05, 0.1) is 18.9 Å². The Kier molecular flexibility index (Phi) is 5.04. The third kappa shape index (κ3) is 3.38. The van der Waals surface area contributed by atoms with Crippen molar-refractivity contribution in [3.05, 3.63) is 54.0 Å². The van der Waals surface area contributed by atoms with E-state index in [4.69, 9.17) is 9.15 Å². The summed E-state index contributed by atoms with van der Waals surface area (Å²) in [6.07, 6.45) is 2.78. The maximum atomic E-state index is 5.71. The van der Waals surface area contributed by atoms with Gasteiger partial charge in [-0.15, -0.1) is 0 Å². The third-order valence-corrected chi connectivity index (χ3v) is 2.96. The van der Waals surface area contributed by atoms with E-state index in [2.05, 4.69) is 18.3 Å². The van der Waals surface area contributed by atoms with Crippen LogP contribution in [0.5, 0.6) is 5.75 Å². The molecule has 2 rings (SSSR count). The molecule has 0 radical (unpaired) electrons. The number of hydrogen-bond acceptors (Lipinski definition) is 3. The van der Waals surface area contributed by atoms with Gasteiger partial charge in [0.15, 0.2) is 0 Å². The molecule has 2 aromatic rings. The molecule has 19 heavy (non-hydrogen) atoms. The zero-order valence-corrected chi connectivity index (χ0v) is 11.6. The molecule has 0 bridgehead atoms. The first kappa shape index (κ1) is 13.7. The molecule has 1 unspecified atom stereocenters. The van der Waals surface area contributed by atoms with Gasteiger partial charge in [0.1, 0.15) is 11.5 Å². The van der Waals surface area contributed by atoms with Crippen LogP contribution in [0, 0.1) is 0 Å². The Bertz CT molecular complexity index is 479. The molecule has 0 aliphatic heterocycles. The molecule has 0 fully saturated rings. The van der Waals surface area contributed by atoms with Crippen LogP contribution in [-0.2, 0) is 0 Å². The van der Waals surface area contributed by atoms with Crippen LogP contribution in [0.1, 0.15) is 37.6 Å². The number of hydrogen-bond donors (Lipinski definition) is 1. The van der Waals surface area contributed by atoms with E-state index in [9.17, 15) is 0 Å². The highest BCUT2D eigenvalue weighted by Crippen LogP contribution is 2.30. The van der Waals surface area contributed by atoms with Gasteiger partial charge in [-0.1, -0.05) is 25.1 Å². The summed E-state index contributed by atoms with van der Waals surface area (Å²) in [5.74, 6) is 1.83. The van der Waals surface area contributed by atoms with E-state index < -0.39 is 0 Å². The van der Waals surface area contributed by atoms with Gasteiger partial charge in [0, 0.05) is 5.56 Å². The Morgan fingerprint density at radius 3 is 2.68 bits per heavy atom. The fourth-order valence-electron chi connectivity index (χ4n) is 2.11. The maximum Gasteiger partial charge on any atom is 0.125 e. The first-order valence-electron chi connectivity index (χ1n) is 6.85. The highest BCUT2D eigenvalue weighted by molar-refractivity contribution is 5.39. The Hall–Kier alpha value is -1.74. The minimum atomic E-state index is 0.0395. The molecule has 3 heteroatoms. The van der Waals surface area contributed by atoms with Crippen molar-refractivity contribution in [1.29, 1.82) is 0 Å². The predicted octanol–water partition coefficient (Wildman–Crippen LogP) is 3.77. The molecule has 1 atom stereocenters. The number of furan rings is 1. The smallest absolute Gasteiger partial charge is 0.125 e. The molecular weight excluding hydrogens is 238 g/mol. The van der Waals surface area contributed by atoms with Gasteiger partial charge in [0.25, 0.3) is 0 Å². The van der Waals surface area contributed by atoms with E-state index in [0.717, 1.165) is 30.0 Å². The first-order valence-corrected chi connectivity index (χ1v) is 6.85. The Labute approximate surface area is 114 Å². The second-order valence-corrected chi connectivity index (χ2v) is 4.37. The fraction of sp³-hybridized carbons (Fsp3) is 0.375. The minimum absolute atomic E-state index is 0.0395. The van der Waals surface area contributed by atoms with Crippen LogP contribution in [0.15, 0.2) is 47.1 Å². The molecule has 1 heterocycles. The molecule has 0 aliphatic rings. The van der Waals surface area contributed by atoms with E-state index in [1.54, 1.807) is 6.26 Å². The summed E-state index contributed by atoms with van der Waals surface area (Å²) in [5, 5.41) is 3.51. The van der Waals surface area contributed by atoms with E-state index in [0.29, 0.717) is 6.61 Å². The maximum absolute atomic E-state index is 5.71. The van der Waals surface area contributed by atoms with Crippen LogP contribution in [0.25, 0.3) is 0 Å². The van der Waals surface area contributed by atoms with Gasteiger partial charge >= 0.3 is 0 Å². The molecule has 0 saturated carbocycles. The van der Waals surface area contributed by atoms with Crippen LogP contribution in [0.4, 0.5) is 0 Å². The number of ether oxygens (including phenoxy) is 1. The highest BCUT2D eigenvalue weighted by atomic mass is 16.5. The van der Waals surface area contributed by atoms with Crippen molar-refractivity contribution in [3.63, 3.8) is 0 Å². The van der Waals surface area contributed by atoms with Crippen LogP contribution >= 0.6 is 0 Å². The normalized spacial score (nSPS) is 12.3. The quantitative estimate of drug-likeness (QED) is 0.822. The van der Waals surface area contributed by atoms with Gasteiger partial charge in [-0.2, -0.15) is 0 Å². The second-order valence-electron chi connectivity index (χ2n) is 4.37. The molecule has 1 N–H and O–H groups in total. The average Bonchev–Trinajstić information content (AvgIpc) is 2.95. The lowest BCUT2D eigenvalue weighted by molar-refractivity contribution is 0.330. The number of nitrogens with one attached hydrogen (secondary N) is 1. The summed E-state index contributed by atoms with van der Waals surface area (Å²) < 4.78 is 11.3. The molecule has 0 spiro atoms. The molecule has 102 valence electrons. The number of benzene rings is 1. The SMILES string of the molecule is CCCNC(c1ccco1)c1ccccc1OCC. The summed E-state index contributed by atoms with van der Waals surface area (Å²) in [6.45, 7) is 5.75. The molecule has 3 nitrogen and oxygen atoms in total. The molecule has 1 aromatic carbocycles. The lowest BCUT2D eigenvalue weighted by atomic mass is 10.0. The highest BCUT2D eigenvalue weighted by Gasteiger charge is 2.19. The van der Waals surface area contributed by atoms with E-state index in [1.165, 1.54) is 0 Å². The minimum Gasteiger partial charge on any atom is -0.494 e. The van der Waals surface area contributed by atoms with Crippen LogP contribution in [0.3, 0.4) is 0 Å².